The highest BCUT2D eigenvalue weighted by Gasteiger charge is 2.47. The summed E-state index contributed by atoms with van der Waals surface area (Å²) >= 11 is 0. The minimum absolute atomic E-state index is 0.0456. The first-order chi connectivity index (χ1) is 24.4. The summed E-state index contributed by atoms with van der Waals surface area (Å²) in [6.45, 7) is 8.55. The summed E-state index contributed by atoms with van der Waals surface area (Å²) in [5.74, 6) is -1.45. The third-order valence-corrected chi connectivity index (χ3v) is 10.1. The van der Waals surface area contributed by atoms with E-state index in [9.17, 15) is 24.0 Å². The molecule has 7 N–H and O–H groups in total. The number of amides is 5. The molecule has 4 atom stereocenters. The first-order valence-electron chi connectivity index (χ1n) is 18.4. The van der Waals surface area contributed by atoms with E-state index in [1.165, 1.54) is 0 Å². The number of piperidine rings is 1. The van der Waals surface area contributed by atoms with Gasteiger partial charge in [0.05, 0.1) is 6.04 Å². The van der Waals surface area contributed by atoms with E-state index >= 15 is 0 Å². The van der Waals surface area contributed by atoms with Crippen molar-refractivity contribution < 1.29 is 24.0 Å². The molecule has 4 rings (SSSR count). The van der Waals surface area contributed by atoms with Gasteiger partial charge in [0, 0.05) is 44.9 Å². The number of hydrogen-bond donors (Lipinski definition) is 5. The topological polar surface area (TPSA) is 180 Å². The van der Waals surface area contributed by atoms with Crippen LogP contribution in [0.2, 0.25) is 0 Å². The second-order valence-corrected chi connectivity index (χ2v) is 14.8. The number of benzene rings is 2. The quantitative estimate of drug-likeness (QED) is 0.156. The lowest BCUT2D eigenvalue weighted by Gasteiger charge is -2.54. The Balaban J connectivity index is 1.44. The van der Waals surface area contributed by atoms with Crippen LogP contribution in [0.3, 0.4) is 0 Å². The fraction of sp³-hybridized carbons (Fsp3) is 0.564. The Kier molecular flexibility index (Phi) is 14.6. The summed E-state index contributed by atoms with van der Waals surface area (Å²) in [6.07, 6.45) is 4.25. The molecule has 0 aromatic heterocycles. The highest BCUT2D eigenvalue weighted by atomic mass is 16.2. The van der Waals surface area contributed by atoms with Crippen molar-refractivity contribution in [3.63, 3.8) is 0 Å². The van der Waals surface area contributed by atoms with Gasteiger partial charge in [-0.1, -0.05) is 74.5 Å². The molecule has 0 aliphatic carbocycles. The molecule has 2 heterocycles. The van der Waals surface area contributed by atoms with Crippen molar-refractivity contribution in [1.82, 2.24) is 25.8 Å². The second kappa shape index (κ2) is 18.8. The van der Waals surface area contributed by atoms with Gasteiger partial charge in [-0.15, -0.1) is 0 Å². The van der Waals surface area contributed by atoms with Crippen LogP contribution in [0, 0.1) is 11.3 Å². The molecular formula is C39H57N7O5. The van der Waals surface area contributed by atoms with Crippen LogP contribution in [-0.2, 0) is 36.8 Å². The average Bonchev–Trinajstić information content (AvgIpc) is 3.09. The van der Waals surface area contributed by atoms with Gasteiger partial charge < -0.3 is 37.2 Å². The van der Waals surface area contributed by atoms with Crippen molar-refractivity contribution in [2.75, 3.05) is 32.7 Å². The van der Waals surface area contributed by atoms with E-state index in [1.54, 1.807) is 6.92 Å². The lowest BCUT2D eigenvalue weighted by molar-refractivity contribution is -0.149. The summed E-state index contributed by atoms with van der Waals surface area (Å²) in [7, 11) is 0. The number of likely N-dealkylation sites (tertiary alicyclic amines) is 2. The van der Waals surface area contributed by atoms with Crippen molar-refractivity contribution in [2.45, 2.75) is 96.3 Å². The van der Waals surface area contributed by atoms with Gasteiger partial charge in [0.15, 0.2) is 0 Å². The zero-order valence-electron chi connectivity index (χ0n) is 30.4. The van der Waals surface area contributed by atoms with E-state index < -0.39 is 41.9 Å². The zero-order chi connectivity index (χ0) is 37.0. The predicted octanol–water partition coefficient (Wildman–Crippen LogP) is 1.90. The molecule has 2 aliphatic heterocycles. The number of nitrogens with one attached hydrogen (secondary N) is 3. The standard InChI is InChI=1S/C39H57N7O5/c1-27(2)22-33(36(49)42-32(16-10-11-19-40)38(51)45-20-17-39(18-21-45)25-46(26-39)28(3)47)44-37(50)34(24-30-14-8-5-9-15-30)43-35(48)31(41)23-29-12-6-4-7-13-29/h4-9,12-15,27,31-34H,10-11,16-26,40-41H2,1-3H3,(H,42,49)(H,43,48)(H,44,50)/t31-,32-,33-,34-/m1/s1. The average molecular weight is 704 g/mol. The number of hydrogen-bond acceptors (Lipinski definition) is 7. The molecule has 1 spiro atoms. The molecule has 0 bridgehead atoms. The van der Waals surface area contributed by atoms with Crippen LogP contribution in [0.4, 0.5) is 0 Å². The smallest absolute Gasteiger partial charge is 0.245 e. The van der Waals surface area contributed by atoms with Crippen molar-refractivity contribution in [3.05, 3.63) is 71.8 Å². The predicted molar refractivity (Wildman–Crippen MR) is 197 cm³/mol. The molecule has 51 heavy (non-hydrogen) atoms. The van der Waals surface area contributed by atoms with Gasteiger partial charge in [0.25, 0.3) is 0 Å². The Labute approximate surface area is 302 Å². The SMILES string of the molecule is CC(=O)N1CC2(CCN(C(=O)[C@@H](CCCCN)NC(=O)[C@@H](CC(C)C)NC(=O)[C@@H](Cc3ccccc3)NC(=O)[C@H](N)Cc3ccccc3)CC2)C1. The van der Waals surface area contributed by atoms with E-state index in [0.29, 0.717) is 51.7 Å². The molecule has 278 valence electrons. The maximum atomic E-state index is 14.0. The molecule has 2 fully saturated rings. The van der Waals surface area contributed by atoms with E-state index in [4.69, 9.17) is 11.5 Å². The summed E-state index contributed by atoms with van der Waals surface area (Å²) in [4.78, 5) is 70.5. The van der Waals surface area contributed by atoms with Crippen LogP contribution in [0.5, 0.6) is 0 Å². The molecule has 2 aromatic carbocycles. The minimum atomic E-state index is -0.989. The lowest BCUT2D eigenvalue weighted by Crippen LogP contribution is -2.63. The monoisotopic (exact) mass is 703 g/mol. The van der Waals surface area contributed by atoms with Crippen molar-refractivity contribution >= 4 is 29.5 Å². The summed E-state index contributed by atoms with van der Waals surface area (Å²) in [6, 6.07) is 15.2. The number of rotatable bonds is 17. The van der Waals surface area contributed by atoms with Gasteiger partial charge in [0.1, 0.15) is 18.1 Å². The lowest BCUT2D eigenvalue weighted by atomic mass is 9.72. The summed E-state index contributed by atoms with van der Waals surface area (Å²) in [5, 5.41) is 8.73. The maximum absolute atomic E-state index is 14.0. The maximum Gasteiger partial charge on any atom is 0.245 e. The van der Waals surface area contributed by atoms with E-state index in [0.717, 1.165) is 37.1 Å². The van der Waals surface area contributed by atoms with E-state index in [2.05, 4.69) is 16.0 Å². The Morgan fingerprint density at radius 2 is 1.25 bits per heavy atom. The van der Waals surface area contributed by atoms with Gasteiger partial charge in [-0.2, -0.15) is 0 Å². The molecule has 0 saturated carbocycles. The molecule has 0 unspecified atom stereocenters. The Morgan fingerprint density at radius 3 is 1.80 bits per heavy atom. The third-order valence-electron chi connectivity index (χ3n) is 10.1. The van der Waals surface area contributed by atoms with Gasteiger partial charge in [-0.05, 0) is 68.5 Å². The van der Waals surface area contributed by atoms with Crippen LogP contribution in [0.15, 0.2) is 60.7 Å². The molecule has 5 amide bonds. The molecule has 2 saturated heterocycles. The summed E-state index contributed by atoms with van der Waals surface area (Å²) in [5.41, 5.74) is 13.8. The minimum Gasteiger partial charge on any atom is -0.343 e. The molecular weight excluding hydrogens is 646 g/mol. The van der Waals surface area contributed by atoms with Gasteiger partial charge in [0.2, 0.25) is 29.5 Å². The Hall–Kier alpha value is -4.29. The molecule has 12 nitrogen and oxygen atoms in total. The molecule has 2 aromatic rings. The number of nitrogens with zero attached hydrogens (tertiary/aromatic N) is 2. The van der Waals surface area contributed by atoms with Gasteiger partial charge in [-0.3, -0.25) is 24.0 Å². The van der Waals surface area contributed by atoms with Gasteiger partial charge >= 0.3 is 0 Å². The van der Waals surface area contributed by atoms with Crippen LogP contribution in [0.25, 0.3) is 0 Å². The first kappa shape index (κ1) is 39.5. The number of carbonyl (C=O) groups is 5. The van der Waals surface area contributed by atoms with E-state index in [-0.39, 0.29) is 29.6 Å². The number of unbranched alkanes of at least 4 members (excludes halogenated alkanes) is 1. The van der Waals surface area contributed by atoms with E-state index in [1.807, 2.05) is 84.3 Å². The fourth-order valence-corrected chi connectivity index (χ4v) is 7.02. The van der Waals surface area contributed by atoms with Crippen LogP contribution in [0.1, 0.15) is 70.4 Å². The summed E-state index contributed by atoms with van der Waals surface area (Å²) < 4.78 is 0. The second-order valence-electron chi connectivity index (χ2n) is 14.8. The molecule has 0 radical (unpaired) electrons. The molecule has 2 aliphatic rings. The van der Waals surface area contributed by atoms with Crippen molar-refractivity contribution in [2.24, 2.45) is 22.8 Å². The fourth-order valence-electron chi connectivity index (χ4n) is 7.02. The van der Waals surface area contributed by atoms with Crippen LogP contribution < -0.4 is 27.4 Å². The number of nitrogens with two attached hydrogens (primary N) is 2. The van der Waals surface area contributed by atoms with Crippen LogP contribution >= 0.6 is 0 Å². The first-order valence-corrected chi connectivity index (χ1v) is 18.4. The highest BCUT2D eigenvalue weighted by molar-refractivity contribution is 5.95. The zero-order valence-corrected chi connectivity index (χ0v) is 30.4. The Bertz CT molecular complexity index is 1450. The van der Waals surface area contributed by atoms with Crippen LogP contribution in [-0.4, -0.2) is 96.2 Å². The van der Waals surface area contributed by atoms with Gasteiger partial charge in [-0.25, -0.2) is 0 Å². The largest absolute Gasteiger partial charge is 0.343 e. The molecule has 12 heteroatoms. The number of carbonyl (C=O) groups excluding carboxylic acids is 5. The normalized spacial score (nSPS) is 17.5. The highest BCUT2D eigenvalue weighted by Crippen LogP contribution is 2.40. The Morgan fingerprint density at radius 1 is 0.725 bits per heavy atom. The third kappa shape index (κ3) is 11.6. The van der Waals surface area contributed by atoms with Crippen molar-refractivity contribution in [1.29, 1.82) is 0 Å². The van der Waals surface area contributed by atoms with Crippen molar-refractivity contribution in [3.8, 4) is 0 Å².